The number of nitrogens with zero attached hydrogens (tertiary/aromatic N) is 4. The van der Waals surface area contributed by atoms with Crippen molar-refractivity contribution < 1.29 is 9.47 Å². The van der Waals surface area contributed by atoms with Gasteiger partial charge in [-0.05, 0) is 54.6 Å². The highest BCUT2D eigenvalue weighted by Crippen LogP contribution is 2.40. The minimum absolute atomic E-state index is 0.532. The number of ether oxygens (including phenoxy) is 2. The lowest BCUT2D eigenvalue weighted by atomic mass is 10.1. The van der Waals surface area contributed by atoms with Gasteiger partial charge in [0.05, 0.1) is 23.4 Å². The van der Waals surface area contributed by atoms with Gasteiger partial charge in [-0.15, -0.1) is 0 Å². The number of hydrogen-bond acceptors (Lipinski definition) is 4. The molecule has 0 spiro atoms. The third-order valence-corrected chi connectivity index (χ3v) is 10.6. The zero-order chi connectivity index (χ0) is 27.3. The van der Waals surface area contributed by atoms with Crippen LogP contribution >= 0.6 is 15.9 Å². The summed E-state index contributed by atoms with van der Waals surface area (Å²) < 4.78 is 16.5. The summed E-state index contributed by atoms with van der Waals surface area (Å²) >= 11 is 3.48. The van der Waals surface area contributed by atoms with E-state index < -0.39 is 16.1 Å². The summed E-state index contributed by atoms with van der Waals surface area (Å²) in [5, 5.41) is 11.2. The molecule has 1 aliphatic carbocycles. The van der Waals surface area contributed by atoms with Gasteiger partial charge in [-0.3, -0.25) is 0 Å². The van der Waals surface area contributed by atoms with Crippen LogP contribution in [0.4, 0.5) is 0 Å². The number of rotatable bonds is 11. The monoisotopic (exact) mass is 614 g/mol. The first kappa shape index (κ1) is 29.2. The molecular weight excluding hydrogens is 572 g/mol. The Morgan fingerprint density at radius 2 is 1.26 bits per heavy atom. The van der Waals surface area contributed by atoms with Crippen LogP contribution in [0.2, 0.25) is 51.4 Å². The van der Waals surface area contributed by atoms with Crippen LogP contribution in [0.3, 0.4) is 0 Å². The Hall–Kier alpha value is -1.79. The minimum Gasteiger partial charge on any atom is -0.360 e. The van der Waals surface area contributed by atoms with Gasteiger partial charge in [0.15, 0.2) is 0 Å². The SMILES string of the molecule is C[Si](C)(C)CCOCn1ncc2ccc(Br)cc21.C[Si](C)(C)CCOCn1ncc2ccc(C3CC3)cc21. The maximum atomic E-state index is 5.81. The second-order valence-corrected chi connectivity index (χ2v) is 24.9. The topological polar surface area (TPSA) is 54.1 Å². The van der Waals surface area contributed by atoms with Crippen molar-refractivity contribution in [2.75, 3.05) is 13.2 Å². The molecule has 2 aromatic carbocycles. The molecule has 1 saturated carbocycles. The van der Waals surface area contributed by atoms with E-state index in [-0.39, 0.29) is 0 Å². The third-order valence-electron chi connectivity index (χ3n) is 6.74. The molecule has 0 N–H and O–H groups in total. The molecule has 1 aliphatic rings. The van der Waals surface area contributed by atoms with Crippen molar-refractivity contribution in [2.24, 2.45) is 0 Å². The quantitative estimate of drug-likeness (QED) is 0.126. The summed E-state index contributed by atoms with van der Waals surface area (Å²) in [5.41, 5.74) is 3.78. The first-order chi connectivity index (χ1) is 18.0. The van der Waals surface area contributed by atoms with E-state index in [0.717, 1.165) is 34.5 Å². The van der Waals surface area contributed by atoms with E-state index in [2.05, 4.69) is 95.7 Å². The predicted molar refractivity (Wildman–Crippen MR) is 167 cm³/mol. The van der Waals surface area contributed by atoms with Gasteiger partial charge in [-0.1, -0.05) is 73.4 Å². The number of aromatic nitrogens is 4. The molecule has 9 heteroatoms. The maximum Gasteiger partial charge on any atom is 0.139 e. The Labute approximate surface area is 237 Å². The molecule has 0 saturated heterocycles. The van der Waals surface area contributed by atoms with Gasteiger partial charge in [0.2, 0.25) is 0 Å². The highest BCUT2D eigenvalue weighted by atomic mass is 79.9. The van der Waals surface area contributed by atoms with Gasteiger partial charge < -0.3 is 9.47 Å². The smallest absolute Gasteiger partial charge is 0.139 e. The van der Waals surface area contributed by atoms with Crippen molar-refractivity contribution in [2.45, 2.75) is 83.6 Å². The highest BCUT2D eigenvalue weighted by Gasteiger charge is 2.24. The molecular formula is C29H43BrN4O2Si2. The summed E-state index contributed by atoms with van der Waals surface area (Å²) in [6.45, 7) is 17.0. The number of halogens is 1. The van der Waals surface area contributed by atoms with Crippen LogP contribution in [0, 0.1) is 0 Å². The van der Waals surface area contributed by atoms with E-state index >= 15 is 0 Å². The Kier molecular flexibility index (Phi) is 9.68. The Morgan fingerprint density at radius 1 is 0.763 bits per heavy atom. The molecule has 2 heterocycles. The van der Waals surface area contributed by atoms with Crippen molar-refractivity contribution in [1.29, 1.82) is 0 Å². The number of fused-ring (bicyclic) bond motifs is 2. The average molecular weight is 616 g/mol. The summed E-state index contributed by atoms with van der Waals surface area (Å²) in [6, 6.07) is 15.3. The van der Waals surface area contributed by atoms with Gasteiger partial charge in [0.25, 0.3) is 0 Å². The molecule has 0 aliphatic heterocycles. The van der Waals surface area contributed by atoms with Crippen molar-refractivity contribution >= 4 is 53.9 Å². The largest absolute Gasteiger partial charge is 0.360 e. The minimum atomic E-state index is -1.00. The molecule has 4 aromatic rings. The van der Waals surface area contributed by atoms with Crippen molar-refractivity contribution in [3.8, 4) is 0 Å². The van der Waals surface area contributed by atoms with E-state index in [1.807, 2.05) is 27.8 Å². The molecule has 6 nitrogen and oxygen atoms in total. The van der Waals surface area contributed by atoms with Crippen LogP contribution in [0.15, 0.2) is 53.3 Å². The van der Waals surface area contributed by atoms with E-state index in [1.165, 1.54) is 41.4 Å². The zero-order valence-electron chi connectivity index (χ0n) is 23.8. The van der Waals surface area contributed by atoms with Crippen LogP contribution in [-0.4, -0.2) is 48.9 Å². The molecule has 0 atom stereocenters. The zero-order valence-corrected chi connectivity index (χ0v) is 27.4. The van der Waals surface area contributed by atoms with Crippen LogP contribution in [0.5, 0.6) is 0 Å². The summed E-state index contributed by atoms with van der Waals surface area (Å²) in [7, 11) is -2.01. The van der Waals surface area contributed by atoms with Crippen molar-refractivity contribution in [1.82, 2.24) is 19.6 Å². The van der Waals surface area contributed by atoms with Crippen molar-refractivity contribution in [3.05, 3.63) is 58.8 Å². The van der Waals surface area contributed by atoms with Gasteiger partial charge in [-0.25, -0.2) is 9.36 Å². The fourth-order valence-electron chi connectivity index (χ4n) is 4.07. The molecule has 2 aromatic heterocycles. The average Bonchev–Trinajstić information content (AvgIpc) is 3.51. The van der Waals surface area contributed by atoms with E-state index in [9.17, 15) is 0 Å². The second kappa shape index (κ2) is 12.6. The van der Waals surface area contributed by atoms with Crippen molar-refractivity contribution in [3.63, 3.8) is 0 Å². The molecule has 206 valence electrons. The van der Waals surface area contributed by atoms with E-state index in [4.69, 9.17) is 9.47 Å². The molecule has 38 heavy (non-hydrogen) atoms. The second-order valence-electron chi connectivity index (χ2n) is 12.8. The number of hydrogen-bond donors (Lipinski definition) is 0. The predicted octanol–water partition coefficient (Wildman–Crippen LogP) is 8.34. The fraction of sp³-hybridized carbons (Fsp3) is 0.517. The number of benzene rings is 2. The summed E-state index contributed by atoms with van der Waals surface area (Å²) in [4.78, 5) is 0. The highest BCUT2D eigenvalue weighted by molar-refractivity contribution is 9.10. The van der Waals surface area contributed by atoms with Gasteiger partial charge >= 0.3 is 0 Å². The van der Waals surface area contributed by atoms with E-state index in [0.29, 0.717) is 13.5 Å². The maximum absolute atomic E-state index is 5.81. The van der Waals surface area contributed by atoms with Gasteiger partial charge in [0.1, 0.15) is 13.5 Å². The molecule has 5 rings (SSSR count). The Bertz CT molecular complexity index is 1340. The lowest BCUT2D eigenvalue weighted by molar-refractivity contribution is 0.0816. The first-order valence-electron chi connectivity index (χ1n) is 13.7. The lowest BCUT2D eigenvalue weighted by Gasteiger charge is -2.15. The summed E-state index contributed by atoms with van der Waals surface area (Å²) in [5.74, 6) is 0.788. The van der Waals surface area contributed by atoms with Crippen LogP contribution in [0.25, 0.3) is 21.8 Å². The standard InChI is InChI=1S/C16H24N2OSi.C13H19BrN2OSi/c1-20(2,3)9-8-19-12-18-16-10-14(13-4-5-13)6-7-15(16)11-17-18;1-18(2,3)7-6-17-10-16-13-8-12(14)5-4-11(13)9-15-16/h6-7,10-11,13H,4-5,8-9,12H2,1-3H3;4-5,8-9H,6-7,10H2,1-3H3. The van der Waals surface area contributed by atoms with Gasteiger partial charge in [0, 0.05) is 44.6 Å². The lowest BCUT2D eigenvalue weighted by Crippen LogP contribution is -2.22. The molecule has 0 radical (unpaired) electrons. The third kappa shape index (κ3) is 8.87. The summed E-state index contributed by atoms with van der Waals surface area (Å²) in [6.07, 6.45) is 6.50. The molecule has 1 fully saturated rings. The molecule has 0 amide bonds. The van der Waals surface area contributed by atoms with Crippen LogP contribution in [-0.2, 0) is 22.9 Å². The normalized spacial score (nSPS) is 14.2. The van der Waals surface area contributed by atoms with Crippen LogP contribution in [0.1, 0.15) is 24.3 Å². The molecule has 0 unspecified atom stereocenters. The fourth-order valence-corrected chi connectivity index (χ4v) is 5.93. The first-order valence-corrected chi connectivity index (χ1v) is 21.9. The van der Waals surface area contributed by atoms with E-state index in [1.54, 1.807) is 0 Å². The van der Waals surface area contributed by atoms with Gasteiger partial charge in [-0.2, -0.15) is 10.2 Å². The Balaban J connectivity index is 0.000000178. The Morgan fingerprint density at radius 3 is 1.76 bits per heavy atom. The van der Waals surface area contributed by atoms with Crippen LogP contribution < -0.4 is 0 Å². The molecule has 0 bridgehead atoms.